The largest absolute Gasteiger partial charge is 0.481 e. The van der Waals surface area contributed by atoms with Crippen LogP contribution in [0.4, 0.5) is 5.69 Å². The van der Waals surface area contributed by atoms with Crippen molar-refractivity contribution < 1.29 is 13.2 Å². The molecule has 0 unspecified atom stereocenters. The number of methoxy groups -OCH3 is 1. The molecule has 0 amide bonds. The minimum Gasteiger partial charge on any atom is -0.481 e. The SMILES string of the molecule is COc1ccc(NS(=O)(=O)NC2CCCC2)cn1. The van der Waals surface area contributed by atoms with E-state index >= 15 is 0 Å². The fourth-order valence-electron chi connectivity index (χ4n) is 2.01. The quantitative estimate of drug-likeness (QED) is 0.845. The van der Waals surface area contributed by atoms with E-state index in [0.29, 0.717) is 11.6 Å². The van der Waals surface area contributed by atoms with Gasteiger partial charge < -0.3 is 4.74 Å². The molecule has 2 rings (SSSR count). The van der Waals surface area contributed by atoms with Crippen molar-refractivity contribution in [1.29, 1.82) is 0 Å². The Bertz CT molecular complexity index is 481. The third-order valence-electron chi connectivity index (χ3n) is 2.87. The van der Waals surface area contributed by atoms with E-state index in [2.05, 4.69) is 14.4 Å². The van der Waals surface area contributed by atoms with Gasteiger partial charge in [-0.1, -0.05) is 12.8 Å². The number of hydrogen-bond acceptors (Lipinski definition) is 4. The lowest BCUT2D eigenvalue weighted by Gasteiger charge is -2.13. The highest BCUT2D eigenvalue weighted by Gasteiger charge is 2.21. The van der Waals surface area contributed by atoms with Crippen molar-refractivity contribution in [1.82, 2.24) is 9.71 Å². The molecule has 7 heteroatoms. The van der Waals surface area contributed by atoms with Crippen molar-refractivity contribution in [3.8, 4) is 5.88 Å². The second-order valence-corrected chi connectivity index (χ2v) is 5.74. The fourth-order valence-corrected chi connectivity index (χ4v) is 3.17. The van der Waals surface area contributed by atoms with Crippen molar-refractivity contribution in [2.24, 2.45) is 0 Å². The number of ether oxygens (including phenoxy) is 1. The molecule has 1 heterocycles. The zero-order valence-corrected chi connectivity index (χ0v) is 11.0. The Hall–Kier alpha value is -1.34. The highest BCUT2D eigenvalue weighted by atomic mass is 32.2. The predicted molar refractivity (Wildman–Crippen MR) is 68.7 cm³/mol. The topological polar surface area (TPSA) is 80.3 Å². The summed E-state index contributed by atoms with van der Waals surface area (Å²) < 4.78 is 33.6. The van der Waals surface area contributed by atoms with E-state index in [4.69, 9.17) is 4.74 Å². The minimum atomic E-state index is -3.52. The zero-order chi connectivity index (χ0) is 13.0. The van der Waals surface area contributed by atoms with Crippen LogP contribution in [0.25, 0.3) is 0 Å². The van der Waals surface area contributed by atoms with E-state index in [1.54, 1.807) is 12.1 Å². The van der Waals surface area contributed by atoms with Crippen molar-refractivity contribution in [2.75, 3.05) is 11.8 Å². The van der Waals surface area contributed by atoms with E-state index in [-0.39, 0.29) is 6.04 Å². The average molecular weight is 271 g/mol. The molecule has 100 valence electrons. The van der Waals surface area contributed by atoms with Crippen LogP contribution < -0.4 is 14.2 Å². The van der Waals surface area contributed by atoms with E-state index < -0.39 is 10.2 Å². The summed E-state index contributed by atoms with van der Waals surface area (Å²) in [6.07, 6.45) is 5.39. The van der Waals surface area contributed by atoms with Crippen LogP contribution in [0.15, 0.2) is 18.3 Å². The molecule has 1 fully saturated rings. The van der Waals surface area contributed by atoms with Crippen LogP contribution >= 0.6 is 0 Å². The summed E-state index contributed by atoms with van der Waals surface area (Å²) in [6.45, 7) is 0. The maximum Gasteiger partial charge on any atom is 0.299 e. The molecule has 0 radical (unpaired) electrons. The van der Waals surface area contributed by atoms with Crippen molar-refractivity contribution in [3.05, 3.63) is 18.3 Å². The van der Waals surface area contributed by atoms with Gasteiger partial charge in [-0.3, -0.25) is 4.72 Å². The molecule has 1 aromatic rings. The normalized spacial score (nSPS) is 16.7. The Labute approximate surface area is 107 Å². The number of anilines is 1. The first-order valence-corrected chi connectivity index (χ1v) is 7.37. The van der Waals surface area contributed by atoms with E-state index in [0.717, 1.165) is 25.7 Å². The maximum atomic E-state index is 11.8. The zero-order valence-electron chi connectivity index (χ0n) is 10.2. The third kappa shape index (κ3) is 3.58. The molecule has 0 atom stereocenters. The van der Waals surface area contributed by atoms with E-state index in [9.17, 15) is 8.42 Å². The van der Waals surface area contributed by atoms with Gasteiger partial charge in [-0.15, -0.1) is 0 Å². The lowest BCUT2D eigenvalue weighted by molar-refractivity contribution is 0.398. The number of nitrogens with zero attached hydrogens (tertiary/aromatic N) is 1. The van der Waals surface area contributed by atoms with Crippen molar-refractivity contribution in [2.45, 2.75) is 31.7 Å². The van der Waals surface area contributed by atoms with Gasteiger partial charge in [-0.25, -0.2) is 4.98 Å². The first-order chi connectivity index (χ1) is 8.59. The standard InChI is InChI=1S/C11H17N3O3S/c1-17-11-7-6-10(8-12-11)14-18(15,16)13-9-4-2-3-5-9/h6-9,13-14H,2-5H2,1H3. The lowest BCUT2D eigenvalue weighted by Crippen LogP contribution is -2.37. The number of nitrogens with one attached hydrogen (secondary N) is 2. The molecule has 0 spiro atoms. The van der Waals surface area contributed by atoms with Gasteiger partial charge in [0, 0.05) is 12.1 Å². The van der Waals surface area contributed by atoms with Crippen LogP contribution in [0.5, 0.6) is 5.88 Å². The Morgan fingerprint density at radius 2 is 2.06 bits per heavy atom. The summed E-state index contributed by atoms with van der Waals surface area (Å²) in [5.74, 6) is 0.446. The first-order valence-electron chi connectivity index (χ1n) is 5.89. The molecule has 0 saturated heterocycles. The molecule has 1 saturated carbocycles. The van der Waals surface area contributed by atoms with Gasteiger partial charge in [0.1, 0.15) is 0 Å². The molecule has 1 aliphatic rings. The number of pyridine rings is 1. The van der Waals surface area contributed by atoms with Gasteiger partial charge in [0.2, 0.25) is 5.88 Å². The first kappa shape index (κ1) is 13.1. The van der Waals surface area contributed by atoms with Crippen molar-refractivity contribution in [3.63, 3.8) is 0 Å². The average Bonchev–Trinajstić information content (AvgIpc) is 2.81. The van der Waals surface area contributed by atoms with Crippen LogP contribution in [0.2, 0.25) is 0 Å². The van der Waals surface area contributed by atoms with Gasteiger partial charge >= 0.3 is 0 Å². The lowest BCUT2D eigenvalue weighted by atomic mass is 10.3. The number of hydrogen-bond donors (Lipinski definition) is 2. The van der Waals surface area contributed by atoms with Crippen LogP contribution in [0, 0.1) is 0 Å². The van der Waals surface area contributed by atoms with Gasteiger partial charge in [0.15, 0.2) is 0 Å². The second-order valence-electron chi connectivity index (χ2n) is 4.29. The number of aromatic nitrogens is 1. The summed E-state index contributed by atoms with van der Waals surface area (Å²) in [7, 11) is -2.01. The molecule has 6 nitrogen and oxygen atoms in total. The van der Waals surface area contributed by atoms with Gasteiger partial charge in [-0.2, -0.15) is 13.1 Å². The molecule has 1 aromatic heterocycles. The van der Waals surface area contributed by atoms with Crippen LogP contribution in [-0.2, 0) is 10.2 Å². The van der Waals surface area contributed by atoms with Crippen LogP contribution in [0.3, 0.4) is 0 Å². The van der Waals surface area contributed by atoms with Gasteiger partial charge in [0.05, 0.1) is 19.0 Å². The van der Waals surface area contributed by atoms with Gasteiger partial charge in [0.25, 0.3) is 10.2 Å². The van der Waals surface area contributed by atoms with E-state index in [1.165, 1.54) is 13.3 Å². The summed E-state index contributed by atoms with van der Waals surface area (Å²) in [6, 6.07) is 3.27. The molecule has 0 aromatic carbocycles. The third-order valence-corrected chi connectivity index (χ3v) is 4.02. The van der Waals surface area contributed by atoms with Gasteiger partial charge in [-0.05, 0) is 18.9 Å². The summed E-state index contributed by atoms with van der Waals surface area (Å²) in [5, 5.41) is 0. The summed E-state index contributed by atoms with van der Waals surface area (Å²) >= 11 is 0. The molecule has 1 aliphatic carbocycles. The molecule has 18 heavy (non-hydrogen) atoms. The molecule has 0 aliphatic heterocycles. The monoisotopic (exact) mass is 271 g/mol. The molecule has 2 N–H and O–H groups in total. The minimum absolute atomic E-state index is 0.0497. The molecular weight excluding hydrogens is 254 g/mol. The second kappa shape index (κ2) is 5.53. The molecule has 0 bridgehead atoms. The van der Waals surface area contributed by atoms with E-state index in [1.807, 2.05) is 0 Å². The Morgan fingerprint density at radius 1 is 1.33 bits per heavy atom. The smallest absolute Gasteiger partial charge is 0.299 e. The highest BCUT2D eigenvalue weighted by Crippen LogP contribution is 2.19. The summed E-state index contributed by atoms with van der Waals surface area (Å²) in [5.41, 5.74) is 0.418. The molecular formula is C11H17N3O3S. The van der Waals surface area contributed by atoms with Crippen molar-refractivity contribution >= 4 is 15.9 Å². The maximum absolute atomic E-state index is 11.8. The Morgan fingerprint density at radius 3 is 2.61 bits per heavy atom. The van der Waals surface area contributed by atoms with Crippen LogP contribution in [-0.4, -0.2) is 26.6 Å². The number of rotatable bonds is 5. The Balaban J connectivity index is 1.97. The fraction of sp³-hybridized carbons (Fsp3) is 0.545. The Kier molecular flexibility index (Phi) is 4.03. The van der Waals surface area contributed by atoms with Crippen LogP contribution in [0.1, 0.15) is 25.7 Å². The predicted octanol–water partition coefficient (Wildman–Crippen LogP) is 1.28. The highest BCUT2D eigenvalue weighted by molar-refractivity contribution is 7.90. The summed E-state index contributed by atoms with van der Waals surface area (Å²) in [4.78, 5) is 3.94.